The largest absolute Gasteiger partial charge is 1.00 e. The molecule has 6 aromatic rings. The number of aryl methyl sites for hydroxylation is 2. The number of aromatic hydroxyl groups is 2. The third kappa shape index (κ3) is 17.6. The van der Waals surface area contributed by atoms with Gasteiger partial charge in [-0.1, -0.05) is 118 Å². The predicted molar refractivity (Wildman–Crippen MR) is 192 cm³/mol. The molecule has 9 heteroatoms. The Morgan fingerprint density at radius 3 is 1.53 bits per heavy atom. The summed E-state index contributed by atoms with van der Waals surface area (Å²) in [5.74, 6) is 0.596. The fourth-order valence-electron chi connectivity index (χ4n) is 4.38. The van der Waals surface area contributed by atoms with E-state index in [0.29, 0.717) is 5.75 Å². The van der Waals surface area contributed by atoms with Crippen molar-refractivity contribution in [1.29, 1.82) is 0 Å². The van der Waals surface area contributed by atoms with Crippen LogP contribution in [0.1, 0.15) is 23.7 Å². The van der Waals surface area contributed by atoms with E-state index in [4.69, 9.17) is 10.1 Å². The molecule has 0 saturated carbocycles. The molecule has 0 bridgehead atoms. The molecule has 2 N–H and O–H groups in total. The van der Waals surface area contributed by atoms with Crippen molar-refractivity contribution in [3.63, 3.8) is 0 Å². The van der Waals surface area contributed by atoms with Crippen molar-refractivity contribution >= 4 is 39.5 Å². The van der Waals surface area contributed by atoms with Gasteiger partial charge < -0.3 is 26.7 Å². The second-order valence-electron chi connectivity index (χ2n) is 10.3. The summed E-state index contributed by atoms with van der Waals surface area (Å²) < 4.78 is 1.14. The van der Waals surface area contributed by atoms with E-state index in [2.05, 4.69) is 100 Å². The average molecular weight is 771 g/mol. The smallest absolute Gasteiger partial charge is 1.00 e. The summed E-state index contributed by atoms with van der Waals surface area (Å²) in [7, 11) is 0. The summed E-state index contributed by atoms with van der Waals surface area (Å²) in [5, 5.41) is 27.5. The fourth-order valence-corrected chi connectivity index (χ4v) is 4.65. The van der Waals surface area contributed by atoms with Gasteiger partial charge in [0.15, 0.2) is 0 Å². The van der Waals surface area contributed by atoms with Crippen LogP contribution < -0.4 is 113 Å². The van der Waals surface area contributed by atoms with Crippen LogP contribution in [0.4, 0.5) is 17.1 Å². The molecule has 6 nitrogen and oxygen atoms in total. The minimum absolute atomic E-state index is 0. The Bertz CT molecular complexity index is 1740. The molecule has 0 aliphatic heterocycles. The number of anilines is 3. The molecule has 0 aliphatic rings. The fraction of sp³-hybridized carbons (Fsp3) is 0.0750. The van der Waals surface area contributed by atoms with E-state index in [1.807, 2.05) is 72.8 Å². The zero-order chi connectivity index (χ0) is 33.9. The Labute approximate surface area is 384 Å². The van der Waals surface area contributed by atoms with Crippen molar-refractivity contribution < 1.29 is 129 Å². The topological polar surface area (TPSA) is 93.1 Å². The van der Waals surface area contributed by atoms with Crippen LogP contribution in [0.15, 0.2) is 162 Å². The molecular formula is C40H38BrK2NO5. The molecule has 242 valence electrons. The molecule has 0 atom stereocenters. The monoisotopic (exact) mass is 769 g/mol. The number of benzene rings is 6. The van der Waals surface area contributed by atoms with Gasteiger partial charge in [0.05, 0.1) is 0 Å². The number of hydrogen-bond acceptors (Lipinski definition) is 6. The normalized spacial score (nSPS) is 9.22. The molecule has 0 heterocycles. The Morgan fingerprint density at radius 2 is 1.04 bits per heavy atom. The minimum atomic E-state index is -0.181. The van der Waals surface area contributed by atoms with E-state index in [1.165, 1.54) is 16.7 Å². The first-order valence-corrected chi connectivity index (χ1v) is 15.6. The first kappa shape index (κ1) is 44.9. The van der Waals surface area contributed by atoms with Crippen molar-refractivity contribution in [3.05, 3.63) is 184 Å². The Morgan fingerprint density at radius 1 is 0.612 bits per heavy atom. The quantitative estimate of drug-likeness (QED) is 0.117. The van der Waals surface area contributed by atoms with Gasteiger partial charge in [-0.05, 0) is 92.1 Å². The maximum Gasteiger partial charge on any atom is 1.00 e. The van der Waals surface area contributed by atoms with Gasteiger partial charge in [-0.15, -0.1) is 0 Å². The maximum absolute atomic E-state index is 9.77. The van der Waals surface area contributed by atoms with Crippen LogP contribution in [0.5, 0.6) is 11.5 Å². The molecule has 0 radical (unpaired) electrons. The molecule has 0 amide bonds. The molecule has 0 aliphatic carbocycles. The number of carbonyl (C=O) groups is 1. The molecule has 0 fully saturated rings. The van der Waals surface area contributed by atoms with Crippen LogP contribution >= 0.6 is 15.9 Å². The molecule has 6 aromatic carbocycles. The Hall–Kier alpha value is -2.10. The summed E-state index contributed by atoms with van der Waals surface area (Å²) in [6.45, 7) is 3.97. The van der Waals surface area contributed by atoms with Crippen LogP contribution in [0.2, 0.25) is 0 Å². The number of hydrogen-bond donors (Lipinski definition) is 2. The second kappa shape index (κ2) is 25.8. The first-order valence-electron chi connectivity index (χ1n) is 14.8. The summed E-state index contributed by atoms with van der Waals surface area (Å²) >= 11 is 3.35. The Balaban J connectivity index is 0.000000718. The molecule has 6 rings (SSSR count). The molecule has 0 unspecified atom stereocenters. The zero-order valence-electron chi connectivity index (χ0n) is 29.2. The zero-order valence-corrected chi connectivity index (χ0v) is 36.1. The number of carbonyl (C=O) groups excluding carboxylic acids is 1. The van der Waals surface area contributed by atoms with Crippen molar-refractivity contribution in [2.45, 2.75) is 20.3 Å². The predicted octanol–water partition coefficient (Wildman–Crippen LogP) is 3.47. The summed E-state index contributed by atoms with van der Waals surface area (Å²) in [5.41, 5.74) is 7.99. The summed E-state index contributed by atoms with van der Waals surface area (Å²) in [6.07, 6.45) is 0.870. The van der Waals surface area contributed by atoms with Crippen molar-refractivity contribution in [2.24, 2.45) is 0 Å². The van der Waals surface area contributed by atoms with E-state index in [1.54, 1.807) is 24.3 Å². The average Bonchev–Trinajstić information content (AvgIpc) is 3.09. The molecule has 49 heavy (non-hydrogen) atoms. The summed E-state index contributed by atoms with van der Waals surface area (Å²) in [4.78, 5) is 13.4. The second-order valence-corrected chi connectivity index (χ2v) is 11.3. The molecule has 0 spiro atoms. The van der Waals surface area contributed by atoms with E-state index in [-0.39, 0.29) is 116 Å². The van der Waals surface area contributed by atoms with Gasteiger partial charge in [0.2, 0.25) is 0 Å². The number of nitrogens with zero attached hydrogens (tertiary/aromatic N) is 1. The van der Waals surface area contributed by atoms with E-state index < -0.39 is 0 Å². The minimum Gasteiger partial charge on any atom is -1.00 e. The third-order valence-electron chi connectivity index (χ3n) is 6.61. The van der Waals surface area contributed by atoms with Gasteiger partial charge >= 0.3 is 103 Å². The van der Waals surface area contributed by atoms with Gasteiger partial charge in [-0.2, -0.15) is 0 Å². The van der Waals surface area contributed by atoms with Crippen molar-refractivity contribution in [3.8, 4) is 11.5 Å². The first-order chi connectivity index (χ1) is 22.8. The molecule has 0 aromatic heterocycles. The molecule has 0 saturated heterocycles. The summed E-state index contributed by atoms with van der Waals surface area (Å²) in [6, 6.07) is 51.6. The van der Waals surface area contributed by atoms with Crippen LogP contribution in [-0.4, -0.2) is 16.7 Å². The van der Waals surface area contributed by atoms with Crippen LogP contribution in [-0.2, 0) is 16.1 Å². The number of phenols is 2. The van der Waals surface area contributed by atoms with Crippen molar-refractivity contribution in [2.75, 3.05) is 4.90 Å². The van der Waals surface area contributed by atoms with E-state index in [9.17, 15) is 10.2 Å². The van der Waals surface area contributed by atoms with E-state index in [0.717, 1.165) is 33.5 Å². The van der Waals surface area contributed by atoms with Crippen molar-refractivity contribution in [1.82, 2.24) is 0 Å². The number of para-hydroxylation sites is 1. The number of rotatable bonds is 6. The number of phenolic OH excluding ortho intramolecular Hbond substituents is 2. The maximum atomic E-state index is 9.77. The van der Waals surface area contributed by atoms with Crippen LogP contribution in [0.3, 0.4) is 0 Å². The van der Waals surface area contributed by atoms with Gasteiger partial charge in [0.25, 0.3) is 6.47 Å². The standard InChI is InChI=1S/C19H17NO.C13H12O.C7H7Br.CH2O3.2K.H/c1-15-10-12-17(13-11-15)20(16-6-3-2-4-7-16)18-8-5-9-19(21)14-18;14-13-8-4-7-12(10-13)9-11-5-2-1-3-6-11;1-6-2-4-7(8)5-3-6;2-1-4-3;;;/h2-14,21H,1H3;1-8,10,14H,9H2;2-5H,1H3;1,3H;;;/q;;;;2*+1;-1/p-1. The van der Waals surface area contributed by atoms with Gasteiger partial charge in [-0.3, -0.25) is 4.79 Å². The van der Waals surface area contributed by atoms with Crippen LogP contribution in [0, 0.1) is 13.8 Å². The van der Waals surface area contributed by atoms with Gasteiger partial charge in [-0.25, -0.2) is 0 Å². The van der Waals surface area contributed by atoms with Gasteiger partial charge in [0.1, 0.15) is 11.5 Å². The van der Waals surface area contributed by atoms with Crippen LogP contribution in [0.25, 0.3) is 0 Å². The SMILES string of the molecule is Cc1ccc(Br)cc1.Cc1ccc(N(c2ccccc2)c2cccc(O)c2)cc1.O=CO[O-].Oc1cccc(Cc2ccccc2)c1.[H-].[K+].[K+]. The molecular weight excluding hydrogens is 733 g/mol. The number of halogens is 1. The van der Waals surface area contributed by atoms with Gasteiger partial charge in [0, 0.05) is 27.6 Å². The third-order valence-corrected chi connectivity index (χ3v) is 7.13. The Kier molecular flexibility index (Phi) is 23.6. The van der Waals surface area contributed by atoms with E-state index >= 15 is 0 Å².